The molecule has 16 heavy (non-hydrogen) atoms. The Morgan fingerprint density at radius 3 is 3.00 bits per heavy atom. The second kappa shape index (κ2) is 3.38. The van der Waals surface area contributed by atoms with E-state index in [0.717, 1.165) is 11.0 Å². The van der Waals surface area contributed by atoms with Gasteiger partial charge in [0.1, 0.15) is 5.52 Å². The molecule has 2 heterocycles. The first kappa shape index (κ1) is 8.97. The maximum Gasteiger partial charge on any atom is 0.231 e. The number of benzene rings is 1. The molecule has 1 aliphatic rings. The van der Waals surface area contributed by atoms with Gasteiger partial charge in [-0.05, 0) is 0 Å². The third-order valence-corrected chi connectivity index (χ3v) is 2.44. The van der Waals surface area contributed by atoms with Gasteiger partial charge < -0.3 is 9.47 Å². The quantitative estimate of drug-likeness (QED) is 0.750. The van der Waals surface area contributed by atoms with E-state index < -0.39 is 0 Å². The van der Waals surface area contributed by atoms with Crippen LogP contribution in [0, 0.1) is 11.3 Å². The van der Waals surface area contributed by atoms with Crippen molar-refractivity contribution in [3.8, 4) is 17.6 Å². The number of ether oxygens (including phenoxy) is 2. The van der Waals surface area contributed by atoms with Gasteiger partial charge in [-0.25, -0.2) is 4.68 Å². The average molecular weight is 216 g/mol. The minimum atomic E-state index is 0.244. The summed E-state index contributed by atoms with van der Waals surface area (Å²) in [5.74, 6) is 1.40. The molecule has 0 atom stereocenters. The van der Waals surface area contributed by atoms with E-state index in [0.29, 0.717) is 24.5 Å². The number of aromatic nitrogens is 3. The fourth-order valence-corrected chi connectivity index (χ4v) is 1.68. The maximum atomic E-state index is 8.54. The summed E-state index contributed by atoms with van der Waals surface area (Å²) < 4.78 is 12.2. The maximum absolute atomic E-state index is 8.54. The second-order valence-corrected chi connectivity index (χ2v) is 3.41. The molecular formula is C10H8N4O2. The number of nitrogens with zero attached hydrogens (tertiary/aromatic N) is 4. The highest BCUT2D eigenvalue weighted by Crippen LogP contribution is 2.35. The summed E-state index contributed by atoms with van der Waals surface area (Å²) in [6.07, 6.45) is 0.410. The molecule has 0 saturated heterocycles. The predicted octanol–water partition coefficient (Wildman–Crippen LogP) is 1.07. The molecule has 0 saturated carbocycles. The van der Waals surface area contributed by atoms with Crippen molar-refractivity contribution in [2.75, 3.05) is 6.79 Å². The van der Waals surface area contributed by atoms with Crippen molar-refractivity contribution in [3.05, 3.63) is 12.1 Å². The molecule has 80 valence electrons. The molecule has 0 spiro atoms. The monoisotopic (exact) mass is 216 g/mol. The van der Waals surface area contributed by atoms with Gasteiger partial charge in [-0.1, -0.05) is 5.21 Å². The smallest absolute Gasteiger partial charge is 0.231 e. The normalized spacial score (nSPS) is 12.9. The third kappa shape index (κ3) is 1.26. The van der Waals surface area contributed by atoms with Crippen molar-refractivity contribution in [1.29, 1.82) is 5.26 Å². The van der Waals surface area contributed by atoms with Crippen LogP contribution in [-0.2, 0) is 6.54 Å². The van der Waals surface area contributed by atoms with Crippen LogP contribution in [0.25, 0.3) is 11.0 Å². The lowest BCUT2D eigenvalue weighted by Gasteiger charge is -1.99. The molecule has 0 amide bonds. The van der Waals surface area contributed by atoms with Crippen LogP contribution in [0.5, 0.6) is 11.5 Å². The van der Waals surface area contributed by atoms with Gasteiger partial charge in [-0.3, -0.25) is 0 Å². The van der Waals surface area contributed by atoms with E-state index in [4.69, 9.17) is 14.7 Å². The summed E-state index contributed by atoms with van der Waals surface area (Å²) in [6, 6.07) is 5.72. The summed E-state index contributed by atoms with van der Waals surface area (Å²) >= 11 is 0. The van der Waals surface area contributed by atoms with E-state index in [2.05, 4.69) is 16.4 Å². The Labute approximate surface area is 91.0 Å². The number of fused-ring (bicyclic) bond motifs is 2. The van der Waals surface area contributed by atoms with Gasteiger partial charge in [-0.15, -0.1) is 5.10 Å². The van der Waals surface area contributed by atoms with Gasteiger partial charge in [0, 0.05) is 12.1 Å². The van der Waals surface area contributed by atoms with Gasteiger partial charge in [0.25, 0.3) is 0 Å². The summed E-state index contributed by atoms with van der Waals surface area (Å²) in [5.41, 5.74) is 1.61. The predicted molar refractivity (Wildman–Crippen MR) is 53.9 cm³/mol. The molecule has 0 unspecified atom stereocenters. The number of hydrogen-bond acceptors (Lipinski definition) is 5. The van der Waals surface area contributed by atoms with Gasteiger partial charge >= 0.3 is 0 Å². The minimum Gasteiger partial charge on any atom is -0.454 e. The van der Waals surface area contributed by atoms with Crippen molar-refractivity contribution in [2.45, 2.75) is 13.0 Å². The first-order chi connectivity index (χ1) is 7.88. The molecular weight excluding hydrogens is 208 g/mol. The van der Waals surface area contributed by atoms with E-state index in [-0.39, 0.29) is 6.79 Å². The van der Waals surface area contributed by atoms with Gasteiger partial charge in [0.2, 0.25) is 6.79 Å². The second-order valence-electron chi connectivity index (χ2n) is 3.41. The lowest BCUT2D eigenvalue weighted by atomic mass is 10.2. The number of rotatable bonds is 2. The highest BCUT2D eigenvalue weighted by molar-refractivity contribution is 5.79. The third-order valence-electron chi connectivity index (χ3n) is 2.44. The lowest BCUT2D eigenvalue weighted by molar-refractivity contribution is 0.174. The standard InChI is InChI=1S/C10H8N4O2/c11-2-1-3-14-8-5-10-9(15-6-16-10)4-7(8)12-13-14/h4-5H,1,3,6H2. The molecule has 1 aromatic carbocycles. The fraction of sp³-hybridized carbons (Fsp3) is 0.300. The molecule has 1 aliphatic heterocycles. The molecule has 6 heteroatoms. The van der Waals surface area contributed by atoms with E-state index in [9.17, 15) is 0 Å². The van der Waals surface area contributed by atoms with Crippen LogP contribution >= 0.6 is 0 Å². The van der Waals surface area contributed by atoms with Crippen molar-refractivity contribution >= 4 is 11.0 Å². The number of hydrogen-bond donors (Lipinski definition) is 0. The van der Waals surface area contributed by atoms with Crippen LogP contribution in [0.3, 0.4) is 0 Å². The van der Waals surface area contributed by atoms with Crippen LogP contribution in [0.15, 0.2) is 12.1 Å². The van der Waals surface area contributed by atoms with E-state index in [1.54, 1.807) is 10.7 Å². The molecule has 3 rings (SSSR count). The van der Waals surface area contributed by atoms with Crippen LogP contribution < -0.4 is 9.47 Å². The highest BCUT2D eigenvalue weighted by atomic mass is 16.7. The highest BCUT2D eigenvalue weighted by Gasteiger charge is 2.17. The van der Waals surface area contributed by atoms with Crippen molar-refractivity contribution in [2.24, 2.45) is 0 Å². The topological polar surface area (TPSA) is 73.0 Å². The molecule has 0 radical (unpaired) electrons. The summed E-state index contributed by atoms with van der Waals surface area (Å²) in [6.45, 7) is 0.778. The zero-order chi connectivity index (χ0) is 11.0. The summed E-state index contributed by atoms with van der Waals surface area (Å²) in [4.78, 5) is 0. The summed E-state index contributed by atoms with van der Waals surface area (Å²) in [5, 5.41) is 16.5. The van der Waals surface area contributed by atoms with Crippen molar-refractivity contribution in [3.63, 3.8) is 0 Å². The molecule has 0 fully saturated rings. The Morgan fingerprint density at radius 2 is 2.19 bits per heavy atom. The molecule has 0 N–H and O–H groups in total. The van der Waals surface area contributed by atoms with Crippen molar-refractivity contribution < 1.29 is 9.47 Å². The van der Waals surface area contributed by atoms with E-state index >= 15 is 0 Å². The van der Waals surface area contributed by atoms with Crippen LogP contribution in [0.1, 0.15) is 6.42 Å². The Bertz CT molecular complexity index is 584. The number of nitriles is 1. The van der Waals surface area contributed by atoms with E-state index in [1.165, 1.54) is 0 Å². The van der Waals surface area contributed by atoms with Crippen molar-refractivity contribution in [1.82, 2.24) is 15.0 Å². The van der Waals surface area contributed by atoms with Gasteiger partial charge in [-0.2, -0.15) is 5.26 Å². The van der Waals surface area contributed by atoms with Crippen LogP contribution in [0.4, 0.5) is 0 Å². The SMILES string of the molecule is N#CCCn1nnc2cc3c(cc21)OCO3. The zero-order valence-electron chi connectivity index (χ0n) is 8.38. The molecule has 0 aliphatic carbocycles. The Hall–Kier alpha value is -2.29. The Kier molecular flexibility index (Phi) is 1.90. The van der Waals surface area contributed by atoms with Crippen LogP contribution in [-0.4, -0.2) is 21.8 Å². The largest absolute Gasteiger partial charge is 0.454 e. The van der Waals surface area contributed by atoms with E-state index in [1.807, 2.05) is 6.07 Å². The van der Waals surface area contributed by atoms with Gasteiger partial charge in [0.15, 0.2) is 11.5 Å². The van der Waals surface area contributed by atoms with Gasteiger partial charge in [0.05, 0.1) is 24.6 Å². The minimum absolute atomic E-state index is 0.244. The first-order valence-corrected chi connectivity index (χ1v) is 4.88. The zero-order valence-corrected chi connectivity index (χ0v) is 8.38. The summed E-state index contributed by atoms with van der Waals surface area (Å²) in [7, 11) is 0. The number of aryl methyl sites for hydroxylation is 1. The Morgan fingerprint density at radius 1 is 1.38 bits per heavy atom. The molecule has 0 bridgehead atoms. The fourth-order valence-electron chi connectivity index (χ4n) is 1.68. The first-order valence-electron chi connectivity index (χ1n) is 4.88. The molecule has 6 nitrogen and oxygen atoms in total. The average Bonchev–Trinajstić information content (AvgIpc) is 2.89. The lowest BCUT2D eigenvalue weighted by Crippen LogP contribution is -1.99. The molecule has 2 aromatic rings. The molecule has 1 aromatic heterocycles. The van der Waals surface area contributed by atoms with Crippen LogP contribution in [0.2, 0.25) is 0 Å². The Balaban J connectivity index is 2.09.